The summed E-state index contributed by atoms with van der Waals surface area (Å²) in [5.41, 5.74) is 0. The molecule has 11 heteroatoms. The van der Waals surface area contributed by atoms with Crippen LogP contribution in [0.5, 0.6) is 0 Å². The van der Waals surface area contributed by atoms with E-state index in [1.54, 1.807) is 6.08 Å². The highest BCUT2D eigenvalue weighted by Gasteiger charge is 2.27. The van der Waals surface area contributed by atoms with Crippen LogP contribution in [-0.2, 0) is 32.7 Å². The van der Waals surface area contributed by atoms with Gasteiger partial charge in [0, 0.05) is 12.8 Å². The monoisotopic (exact) mass is 847 g/mol. The van der Waals surface area contributed by atoms with E-state index in [0.29, 0.717) is 30.3 Å². The van der Waals surface area contributed by atoms with Gasteiger partial charge in [0.2, 0.25) is 0 Å². The fourth-order valence-electron chi connectivity index (χ4n) is 5.24. The molecule has 0 amide bonds. The summed E-state index contributed by atoms with van der Waals surface area (Å²) in [7, 11) is 1.36. The third kappa shape index (κ3) is 42.8. The Kier molecular flexibility index (Phi) is 37.0. The van der Waals surface area contributed by atoms with Crippen molar-refractivity contribution in [1.82, 2.24) is 0 Å². The molecule has 0 aliphatic rings. The van der Waals surface area contributed by atoms with Gasteiger partial charge in [-0.3, -0.25) is 18.6 Å². The third-order valence-corrected chi connectivity index (χ3v) is 9.70. The number of aliphatic hydroxyl groups excluding tert-OH is 1. The third-order valence-electron chi connectivity index (χ3n) is 8.72. The number of phosphoric acid groups is 1. The highest BCUT2D eigenvalue weighted by Crippen LogP contribution is 2.43. The average molecular weight is 847 g/mol. The Morgan fingerprint density at radius 2 is 1.20 bits per heavy atom. The Balaban J connectivity index is 4.58. The molecule has 336 valence electrons. The van der Waals surface area contributed by atoms with E-state index in [1.165, 1.54) is 25.7 Å². The zero-order valence-corrected chi connectivity index (χ0v) is 38.2. The van der Waals surface area contributed by atoms with Gasteiger partial charge < -0.3 is 24.0 Å². The number of hydrogen-bond donors (Lipinski definition) is 2. The smallest absolute Gasteiger partial charge is 0.462 e. The molecular formula is C48H81NO9P+. The lowest BCUT2D eigenvalue weighted by Crippen LogP contribution is -2.37. The molecule has 0 aliphatic carbocycles. The van der Waals surface area contributed by atoms with E-state index in [2.05, 4.69) is 74.6 Å². The van der Waals surface area contributed by atoms with Crippen molar-refractivity contribution in [2.24, 2.45) is 0 Å². The molecular weight excluding hydrogens is 766 g/mol. The summed E-state index contributed by atoms with van der Waals surface area (Å²) in [4.78, 5) is 35.3. The first-order valence-corrected chi connectivity index (χ1v) is 23.6. The molecule has 3 atom stereocenters. The number of hydrogen-bond acceptors (Lipinski definition) is 8. The highest BCUT2D eigenvalue weighted by molar-refractivity contribution is 7.47. The van der Waals surface area contributed by atoms with Crippen LogP contribution in [0.15, 0.2) is 97.2 Å². The van der Waals surface area contributed by atoms with Crippen LogP contribution in [0.3, 0.4) is 0 Å². The molecule has 0 fully saturated rings. The largest absolute Gasteiger partial charge is 0.472 e. The van der Waals surface area contributed by atoms with Crippen molar-refractivity contribution >= 4 is 19.8 Å². The van der Waals surface area contributed by atoms with Crippen LogP contribution in [0.25, 0.3) is 0 Å². The van der Waals surface area contributed by atoms with Crippen molar-refractivity contribution < 1.29 is 47.2 Å². The predicted molar refractivity (Wildman–Crippen MR) is 244 cm³/mol. The number of phosphoric ester groups is 1. The van der Waals surface area contributed by atoms with Gasteiger partial charge in [-0.2, -0.15) is 0 Å². The summed E-state index contributed by atoms with van der Waals surface area (Å²) in [5, 5.41) is 10.2. The second-order valence-electron chi connectivity index (χ2n) is 15.5. The van der Waals surface area contributed by atoms with Gasteiger partial charge in [-0.1, -0.05) is 150 Å². The topological polar surface area (TPSA) is 129 Å². The molecule has 0 aromatic heterocycles. The Labute approximate surface area is 358 Å². The fraction of sp³-hybridized carbons (Fsp3) is 0.625. The minimum atomic E-state index is -4.42. The summed E-state index contributed by atoms with van der Waals surface area (Å²) in [6, 6.07) is 0. The molecule has 0 aliphatic heterocycles. The van der Waals surface area contributed by atoms with E-state index in [-0.39, 0.29) is 26.1 Å². The van der Waals surface area contributed by atoms with Crippen molar-refractivity contribution in [2.75, 3.05) is 47.5 Å². The van der Waals surface area contributed by atoms with Gasteiger partial charge in [0.15, 0.2) is 6.10 Å². The van der Waals surface area contributed by atoms with Gasteiger partial charge >= 0.3 is 19.8 Å². The van der Waals surface area contributed by atoms with Gasteiger partial charge in [-0.25, -0.2) is 4.57 Å². The van der Waals surface area contributed by atoms with Crippen LogP contribution in [-0.4, -0.2) is 86.1 Å². The second-order valence-corrected chi connectivity index (χ2v) is 17.0. The minimum absolute atomic E-state index is 0.00312. The van der Waals surface area contributed by atoms with Crippen molar-refractivity contribution in [3.8, 4) is 0 Å². The van der Waals surface area contributed by atoms with E-state index in [4.69, 9.17) is 18.5 Å². The summed E-state index contributed by atoms with van der Waals surface area (Å²) < 4.78 is 34.1. The number of carbonyl (C=O) groups is 2. The first kappa shape index (κ1) is 55.9. The maximum atomic E-state index is 12.7. The summed E-state index contributed by atoms with van der Waals surface area (Å²) in [5.74, 6) is -0.983. The Hall–Kier alpha value is -3.11. The molecule has 2 unspecified atom stereocenters. The SMILES string of the molecule is CC/C=C/C/C=C/C=C/C(O)CCCCCCCC(=O)O[C@H](COC(=O)CC/C=C\C/C=C\C/C=C\C/C=C\C/C=C\CCCCC)COP(=O)(O)OCC[N+](C)(C)C. The number of esters is 2. The average Bonchev–Trinajstić information content (AvgIpc) is 3.18. The summed E-state index contributed by atoms with van der Waals surface area (Å²) in [6.45, 7) is 4.03. The molecule has 0 rings (SSSR count). The van der Waals surface area contributed by atoms with Crippen LogP contribution < -0.4 is 0 Å². The standard InChI is InChI=1S/C48H80NO9P/c1-6-8-10-12-14-15-16-17-18-19-20-21-22-23-24-25-27-31-35-39-47(51)55-43-46(44-57-59(53,54)56-42-41-49(3,4)5)58-48(52)40-36-32-28-30-34-38-45(50)37-33-29-26-13-11-9-7-2/h9,11,14-15,17-18,20-21,23-24,26-27,29,31,33,37,45-46,50H,6-8,10,12-13,16,19,22,25,28,30,32,34-36,38-44H2,1-5H3/p+1/b11-9+,15-14-,18-17-,21-20-,24-23-,29-26+,31-27-,37-33+/t45?,46-/m1/s1. The normalized spacial score (nSPS) is 15.0. The highest BCUT2D eigenvalue weighted by atomic mass is 31.2. The van der Waals surface area contributed by atoms with Crippen LogP contribution in [0.2, 0.25) is 0 Å². The number of nitrogens with zero attached hydrogens (tertiary/aromatic N) is 1. The van der Waals surface area contributed by atoms with Gasteiger partial charge in [0.05, 0.1) is 33.9 Å². The van der Waals surface area contributed by atoms with E-state index in [0.717, 1.165) is 64.2 Å². The number of aliphatic hydroxyl groups is 1. The van der Waals surface area contributed by atoms with E-state index < -0.39 is 38.6 Å². The molecule has 0 aromatic carbocycles. The second kappa shape index (κ2) is 39.1. The van der Waals surface area contributed by atoms with Crippen molar-refractivity contribution in [1.29, 1.82) is 0 Å². The number of likely N-dealkylation sites (N-methyl/N-ethyl adjacent to an activating group) is 1. The van der Waals surface area contributed by atoms with Gasteiger partial charge in [-0.05, 0) is 70.6 Å². The van der Waals surface area contributed by atoms with Gasteiger partial charge in [0.1, 0.15) is 19.8 Å². The predicted octanol–water partition coefficient (Wildman–Crippen LogP) is 11.5. The quantitative estimate of drug-likeness (QED) is 0.0156. The fourth-order valence-corrected chi connectivity index (χ4v) is 5.98. The molecule has 0 spiro atoms. The number of carbonyl (C=O) groups excluding carboxylic acids is 2. The summed E-state index contributed by atoms with van der Waals surface area (Å²) in [6.07, 6.45) is 47.8. The lowest BCUT2D eigenvalue weighted by Gasteiger charge is -2.24. The van der Waals surface area contributed by atoms with Gasteiger partial charge in [0.25, 0.3) is 0 Å². The lowest BCUT2D eigenvalue weighted by molar-refractivity contribution is -0.870. The maximum Gasteiger partial charge on any atom is 0.472 e. The van der Waals surface area contributed by atoms with E-state index >= 15 is 0 Å². The lowest BCUT2D eigenvalue weighted by atomic mass is 10.1. The van der Waals surface area contributed by atoms with Crippen molar-refractivity contribution in [3.05, 3.63) is 97.2 Å². The van der Waals surface area contributed by atoms with Gasteiger partial charge in [-0.15, -0.1) is 0 Å². The van der Waals surface area contributed by atoms with E-state index in [9.17, 15) is 24.2 Å². The van der Waals surface area contributed by atoms with Crippen molar-refractivity contribution in [3.63, 3.8) is 0 Å². The molecule has 0 saturated carbocycles. The first-order chi connectivity index (χ1) is 28.4. The molecule has 0 heterocycles. The Bertz CT molecular complexity index is 1340. The number of unbranched alkanes of at least 4 members (excludes halogenated alkanes) is 7. The Morgan fingerprint density at radius 1 is 0.627 bits per heavy atom. The van der Waals surface area contributed by atoms with Crippen LogP contribution in [0, 0.1) is 0 Å². The molecule has 0 radical (unpaired) electrons. The number of allylic oxidation sites excluding steroid dienone is 15. The molecule has 10 nitrogen and oxygen atoms in total. The van der Waals surface area contributed by atoms with E-state index in [1.807, 2.05) is 51.5 Å². The molecule has 0 bridgehead atoms. The number of quaternary nitrogens is 1. The number of ether oxygens (including phenoxy) is 2. The summed E-state index contributed by atoms with van der Waals surface area (Å²) >= 11 is 0. The molecule has 59 heavy (non-hydrogen) atoms. The zero-order valence-electron chi connectivity index (χ0n) is 37.3. The minimum Gasteiger partial charge on any atom is -0.462 e. The molecule has 0 aromatic rings. The number of rotatable bonds is 38. The zero-order chi connectivity index (χ0) is 43.7. The van der Waals surface area contributed by atoms with Crippen LogP contribution in [0.1, 0.15) is 136 Å². The first-order valence-electron chi connectivity index (χ1n) is 22.1. The Morgan fingerprint density at radius 3 is 1.83 bits per heavy atom. The molecule has 2 N–H and O–H groups in total. The van der Waals surface area contributed by atoms with Crippen LogP contribution >= 0.6 is 7.82 Å². The maximum absolute atomic E-state index is 12.7. The van der Waals surface area contributed by atoms with Crippen LogP contribution in [0.4, 0.5) is 0 Å². The molecule has 0 saturated heterocycles. The van der Waals surface area contributed by atoms with Crippen molar-refractivity contribution in [2.45, 2.75) is 148 Å².